The van der Waals surface area contributed by atoms with Crippen molar-refractivity contribution in [2.24, 2.45) is 0 Å². The lowest BCUT2D eigenvalue weighted by molar-refractivity contribution is -0.140. The van der Waals surface area contributed by atoms with Crippen LogP contribution in [-0.4, -0.2) is 47.5 Å². The van der Waals surface area contributed by atoms with Gasteiger partial charge >= 0.3 is 12.0 Å². The molecule has 0 aromatic heterocycles. The molecule has 0 spiro atoms. The monoisotopic (exact) mass is 389 g/mol. The summed E-state index contributed by atoms with van der Waals surface area (Å²) in [6.07, 6.45) is 3.08. The summed E-state index contributed by atoms with van der Waals surface area (Å²) < 4.78 is 5.21. The van der Waals surface area contributed by atoms with Gasteiger partial charge < -0.3 is 20.3 Å². The highest BCUT2D eigenvalue weighted by Crippen LogP contribution is 2.22. The van der Waals surface area contributed by atoms with Crippen molar-refractivity contribution in [1.29, 1.82) is 0 Å². The number of hydrogen-bond donors (Lipinski definition) is 2. The molecule has 1 heterocycles. The third-order valence-corrected chi connectivity index (χ3v) is 4.87. The van der Waals surface area contributed by atoms with Gasteiger partial charge in [-0.1, -0.05) is 12.1 Å². The molecule has 1 aromatic carbocycles. The molecule has 0 bridgehead atoms. The van der Waals surface area contributed by atoms with Gasteiger partial charge in [0, 0.05) is 24.7 Å². The van der Waals surface area contributed by atoms with E-state index in [4.69, 9.17) is 4.74 Å². The lowest BCUT2D eigenvalue weighted by Crippen LogP contribution is -2.49. The maximum absolute atomic E-state index is 12.4. The summed E-state index contributed by atoms with van der Waals surface area (Å²) in [6, 6.07) is 6.96. The second-order valence-corrected chi connectivity index (χ2v) is 7.68. The first-order valence-corrected chi connectivity index (χ1v) is 9.89. The van der Waals surface area contributed by atoms with Crippen molar-refractivity contribution in [3.05, 3.63) is 35.4 Å². The summed E-state index contributed by atoms with van der Waals surface area (Å²) in [5.41, 5.74) is 1.24. The van der Waals surface area contributed by atoms with Crippen molar-refractivity contribution >= 4 is 17.9 Å². The van der Waals surface area contributed by atoms with E-state index in [9.17, 15) is 14.4 Å². The summed E-state index contributed by atoms with van der Waals surface area (Å²) >= 11 is 0. The third kappa shape index (κ3) is 6.25. The van der Waals surface area contributed by atoms with Gasteiger partial charge in [0.15, 0.2) is 6.61 Å². The number of hydrogen-bond acceptors (Lipinski definition) is 4. The highest BCUT2D eigenvalue weighted by Gasteiger charge is 2.29. The van der Waals surface area contributed by atoms with Crippen molar-refractivity contribution in [2.45, 2.75) is 71.6 Å². The molecule has 2 atom stereocenters. The molecule has 154 valence electrons. The van der Waals surface area contributed by atoms with Crippen molar-refractivity contribution in [3.63, 3.8) is 0 Å². The summed E-state index contributed by atoms with van der Waals surface area (Å²) in [5, 5.41) is 5.49. The molecule has 0 unspecified atom stereocenters. The molecule has 1 saturated heterocycles. The van der Waals surface area contributed by atoms with Gasteiger partial charge in [-0.3, -0.25) is 4.79 Å². The summed E-state index contributed by atoms with van der Waals surface area (Å²) in [5.74, 6) is -0.673. The van der Waals surface area contributed by atoms with Crippen LogP contribution in [0.4, 0.5) is 4.79 Å². The average molecular weight is 389 g/mol. The van der Waals surface area contributed by atoms with Crippen LogP contribution in [0.3, 0.4) is 0 Å². The van der Waals surface area contributed by atoms with E-state index in [1.54, 1.807) is 24.3 Å². The number of amides is 3. The fraction of sp³-hybridized carbons (Fsp3) is 0.571. The third-order valence-electron chi connectivity index (χ3n) is 4.87. The highest BCUT2D eigenvalue weighted by molar-refractivity contribution is 5.91. The lowest BCUT2D eigenvalue weighted by atomic mass is 9.97. The molecule has 0 aliphatic carbocycles. The van der Waals surface area contributed by atoms with Crippen LogP contribution in [0.15, 0.2) is 24.3 Å². The summed E-state index contributed by atoms with van der Waals surface area (Å²) in [7, 11) is 0. The lowest BCUT2D eigenvalue weighted by Gasteiger charge is -2.38. The van der Waals surface area contributed by atoms with Gasteiger partial charge in [-0.2, -0.15) is 0 Å². The molecule has 0 radical (unpaired) electrons. The Bertz CT molecular complexity index is 677. The van der Waals surface area contributed by atoms with Crippen LogP contribution in [0.5, 0.6) is 0 Å². The Hall–Kier alpha value is -2.57. The topological polar surface area (TPSA) is 87.7 Å². The van der Waals surface area contributed by atoms with E-state index in [1.165, 1.54) is 0 Å². The number of nitrogens with zero attached hydrogens (tertiary/aromatic N) is 1. The molecule has 1 aliphatic rings. The predicted octanol–water partition coefficient (Wildman–Crippen LogP) is 2.84. The second-order valence-electron chi connectivity index (χ2n) is 7.68. The maximum atomic E-state index is 12.4. The fourth-order valence-electron chi connectivity index (χ4n) is 3.45. The van der Waals surface area contributed by atoms with Crippen molar-refractivity contribution in [2.75, 3.05) is 6.61 Å². The quantitative estimate of drug-likeness (QED) is 0.733. The second kappa shape index (κ2) is 10.1. The van der Waals surface area contributed by atoms with Crippen LogP contribution in [0.2, 0.25) is 0 Å². The van der Waals surface area contributed by atoms with E-state index in [1.807, 2.05) is 32.6 Å². The number of carbonyl (C=O) groups is 3. The molecule has 1 aromatic rings. The molecule has 7 nitrogen and oxygen atoms in total. The van der Waals surface area contributed by atoms with Gasteiger partial charge in [0.2, 0.25) is 0 Å². The molecule has 0 saturated carbocycles. The Labute approximate surface area is 166 Å². The normalized spacial score (nSPS) is 19.2. The molecular weight excluding hydrogens is 358 g/mol. The van der Waals surface area contributed by atoms with Crippen LogP contribution < -0.4 is 10.6 Å². The molecule has 1 fully saturated rings. The SMILES string of the molecule is CC(C)NC(=O)NCc1ccc(C(=O)OCC(=O)N2[C@H](C)CCC[C@H]2C)cc1. The van der Waals surface area contributed by atoms with Gasteiger partial charge in [-0.25, -0.2) is 9.59 Å². The smallest absolute Gasteiger partial charge is 0.338 e. The number of rotatable bonds is 6. The number of esters is 1. The van der Waals surface area contributed by atoms with E-state index in [0.717, 1.165) is 24.8 Å². The van der Waals surface area contributed by atoms with Crippen LogP contribution in [0.1, 0.15) is 62.9 Å². The Morgan fingerprint density at radius 3 is 2.29 bits per heavy atom. The molecule has 28 heavy (non-hydrogen) atoms. The van der Waals surface area contributed by atoms with Gasteiger partial charge in [-0.05, 0) is 64.7 Å². The van der Waals surface area contributed by atoms with Crippen molar-refractivity contribution in [3.8, 4) is 0 Å². The summed E-state index contributed by atoms with van der Waals surface area (Å²) in [4.78, 5) is 38.1. The van der Waals surface area contributed by atoms with Gasteiger partial charge in [-0.15, -0.1) is 0 Å². The number of ether oxygens (including phenoxy) is 1. The van der Waals surface area contributed by atoms with E-state index >= 15 is 0 Å². The molecular formula is C21H31N3O4. The zero-order chi connectivity index (χ0) is 20.7. The summed E-state index contributed by atoms with van der Waals surface area (Å²) in [6.45, 7) is 7.95. The van der Waals surface area contributed by atoms with E-state index in [-0.39, 0.29) is 36.7 Å². The number of carbonyl (C=O) groups excluding carboxylic acids is 3. The minimum Gasteiger partial charge on any atom is -0.452 e. The number of likely N-dealkylation sites (tertiary alicyclic amines) is 1. The number of piperidine rings is 1. The average Bonchev–Trinajstić information content (AvgIpc) is 2.64. The molecule has 1 aliphatic heterocycles. The van der Waals surface area contributed by atoms with Gasteiger partial charge in [0.1, 0.15) is 0 Å². The van der Waals surface area contributed by atoms with Crippen molar-refractivity contribution < 1.29 is 19.1 Å². The Morgan fingerprint density at radius 1 is 1.11 bits per heavy atom. The van der Waals surface area contributed by atoms with Crippen LogP contribution >= 0.6 is 0 Å². The van der Waals surface area contributed by atoms with Crippen LogP contribution in [0, 0.1) is 0 Å². The van der Waals surface area contributed by atoms with E-state index in [2.05, 4.69) is 10.6 Å². The highest BCUT2D eigenvalue weighted by atomic mass is 16.5. The molecule has 3 amide bonds. The van der Waals surface area contributed by atoms with Gasteiger partial charge in [0.05, 0.1) is 5.56 Å². The largest absolute Gasteiger partial charge is 0.452 e. The van der Waals surface area contributed by atoms with Crippen molar-refractivity contribution in [1.82, 2.24) is 15.5 Å². The Kier molecular flexibility index (Phi) is 7.84. The zero-order valence-corrected chi connectivity index (χ0v) is 17.2. The minimum absolute atomic E-state index is 0.0655. The minimum atomic E-state index is -0.525. The Balaban J connectivity index is 1.82. The predicted molar refractivity (Wildman–Crippen MR) is 107 cm³/mol. The fourth-order valence-corrected chi connectivity index (χ4v) is 3.45. The first kappa shape index (κ1) is 21.7. The van der Waals surface area contributed by atoms with E-state index in [0.29, 0.717) is 12.1 Å². The van der Waals surface area contributed by atoms with E-state index < -0.39 is 5.97 Å². The maximum Gasteiger partial charge on any atom is 0.338 e. The molecule has 2 N–H and O–H groups in total. The first-order valence-electron chi connectivity index (χ1n) is 9.89. The van der Waals surface area contributed by atoms with Gasteiger partial charge in [0.25, 0.3) is 5.91 Å². The molecule has 2 rings (SSSR count). The Morgan fingerprint density at radius 2 is 1.71 bits per heavy atom. The first-order chi connectivity index (χ1) is 13.3. The zero-order valence-electron chi connectivity index (χ0n) is 17.2. The number of urea groups is 1. The standard InChI is InChI=1S/C21H31N3O4/c1-14(2)23-21(27)22-12-17-8-10-18(11-9-17)20(26)28-13-19(25)24-15(3)6-5-7-16(24)4/h8-11,14-16H,5-7,12-13H2,1-4H3,(H2,22,23,27)/t15-,16-/m1/s1. The van der Waals surface area contributed by atoms with Crippen LogP contribution in [-0.2, 0) is 16.1 Å². The molecule has 7 heteroatoms. The van der Waals surface area contributed by atoms with Crippen LogP contribution in [0.25, 0.3) is 0 Å². The number of benzene rings is 1. The number of nitrogens with one attached hydrogen (secondary N) is 2.